The van der Waals surface area contributed by atoms with Crippen LogP contribution in [-0.2, 0) is 27.9 Å². The van der Waals surface area contributed by atoms with Gasteiger partial charge in [-0.2, -0.15) is 30.3 Å². The first-order valence-electron chi connectivity index (χ1n) is 8.81. The first-order valence-corrected chi connectivity index (χ1v) is 13.5. The smallest absolute Gasteiger partial charge is 0.358 e. The van der Waals surface area contributed by atoms with Crippen molar-refractivity contribution in [1.82, 2.24) is 0 Å². The van der Waals surface area contributed by atoms with Gasteiger partial charge in [0, 0.05) is 13.0 Å². The van der Waals surface area contributed by atoms with Crippen molar-refractivity contribution >= 4 is 24.1 Å². The van der Waals surface area contributed by atoms with Crippen LogP contribution in [0.3, 0.4) is 0 Å². The van der Waals surface area contributed by atoms with Gasteiger partial charge in [-0.15, -0.1) is 5.19 Å². The summed E-state index contributed by atoms with van der Waals surface area (Å²) in [7, 11) is -2.47. The first-order chi connectivity index (χ1) is 11.9. The molecule has 0 spiro atoms. The van der Waals surface area contributed by atoms with E-state index in [2.05, 4.69) is 25.7 Å². The molecule has 166 valence electrons. The van der Waals surface area contributed by atoms with Crippen LogP contribution >= 0.6 is 0 Å². The second-order valence-corrected chi connectivity index (χ2v) is 13.1. The zero-order valence-electron chi connectivity index (χ0n) is 18.6. The molecule has 1 atom stereocenters. The normalized spacial score (nSPS) is 10.0. The molecule has 0 heterocycles. The molecule has 0 aromatic heterocycles. The molecule has 0 aliphatic heterocycles. The van der Waals surface area contributed by atoms with Crippen LogP contribution in [0, 0.1) is 21.8 Å². The minimum Gasteiger partial charge on any atom is -0.358 e. The van der Waals surface area contributed by atoms with Crippen molar-refractivity contribution in [3.8, 4) is 0 Å². The number of aryl methyl sites for hydroxylation is 1. The maximum Gasteiger partial charge on any atom is 2.00 e. The Balaban J connectivity index is -0.000000247. The molecule has 0 unspecified atom stereocenters. The summed E-state index contributed by atoms with van der Waals surface area (Å²) in [5.74, 6) is 0. The third-order valence-corrected chi connectivity index (χ3v) is 7.26. The minimum absolute atomic E-state index is 0. The maximum atomic E-state index is 12.6. The van der Waals surface area contributed by atoms with Gasteiger partial charge in [0.05, 0.1) is 10.8 Å². The summed E-state index contributed by atoms with van der Waals surface area (Å²) in [6, 6.07) is 24.1. The van der Waals surface area contributed by atoms with Crippen LogP contribution in [0.2, 0.25) is 19.6 Å². The van der Waals surface area contributed by atoms with E-state index in [9.17, 15) is 4.21 Å². The fourth-order valence-corrected chi connectivity index (χ4v) is 6.02. The third-order valence-electron chi connectivity index (χ3n) is 3.57. The molecule has 4 heteroatoms. The Hall–Kier alpha value is -1.19. The van der Waals surface area contributed by atoms with Crippen LogP contribution in [0.15, 0.2) is 82.6 Å². The summed E-state index contributed by atoms with van der Waals surface area (Å²) >= 11 is 0. The average Bonchev–Trinajstić information content (AvgIpc) is 3.30. The summed E-state index contributed by atoms with van der Waals surface area (Å²) in [4.78, 5) is 1.89. The van der Waals surface area contributed by atoms with Crippen LogP contribution in [0.25, 0.3) is 0 Å². The van der Waals surface area contributed by atoms with Gasteiger partial charge in [0.2, 0.25) is 0 Å². The standard InChI is InChI=1S/C15H19OSSi.C5H5.C2H6.CH4.2CH3.Fe/c1-12-8-10-13(11-9-12)17(16)14-6-5-7-15(14)18(2,3)4;1-2-4-5-3-1;1-2;;;;/h5-11H,1-4H3;1-5H;1-2H3;1H4;2*1H3;/q2*-1;;;2*-1;+2/t17-;;;;;;/m0....../s1. The van der Waals surface area contributed by atoms with Gasteiger partial charge < -0.3 is 14.9 Å². The second kappa shape index (κ2) is 17.6. The van der Waals surface area contributed by atoms with Crippen molar-refractivity contribution in [2.24, 2.45) is 0 Å². The van der Waals surface area contributed by atoms with E-state index in [0.29, 0.717) is 0 Å². The zero-order valence-corrected chi connectivity index (χ0v) is 21.5. The van der Waals surface area contributed by atoms with Crippen molar-refractivity contribution in [3.63, 3.8) is 0 Å². The molecule has 0 N–H and O–H groups in total. The summed E-state index contributed by atoms with van der Waals surface area (Å²) in [5.41, 5.74) is 1.20. The number of benzene rings is 1. The molecule has 0 aliphatic carbocycles. The first kappa shape index (κ1) is 35.3. The fourth-order valence-electron chi connectivity index (χ4n) is 2.29. The van der Waals surface area contributed by atoms with Crippen molar-refractivity contribution in [2.45, 2.75) is 57.6 Å². The van der Waals surface area contributed by atoms with E-state index in [0.717, 1.165) is 9.79 Å². The van der Waals surface area contributed by atoms with Crippen LogP contribution in [-0.4, -0.2) is 12.3 Å². The molecule has 3 aromatic carbocycles. The van der Waals surface area contributed by atoms with Gasteiger partial charge >= 0.3 is 17.1 Å². The Morgan fingerprint density at radius 2 is 1.38 bits per heavy atom. The average molecular weight is 473 g/mol. The Labute approximate surface area is 195 Å². The van der Waals surface area contributed by atoms with E-state index in [1.165, 1.54) is 10.8 Å². The Kier molecular flexibility index (Phi) is 21.5. The van der Waals surface area contributed by atoms with E-state index >= 15 is 0 Å². The zero-order chi connectivity index (χ0) is 18.9. The molecule has 3 aromatic rings. The number of hydrogen-bond donors (Lipinski definition) is 0. The van der Waals surface area contributed by atoms with E-state index in [1.807, 2.05) is 87.5 Å². The number of hydrogen-bond acceptors (Lipinski definition) is 1. The largest absolute Gasteiger partial charge is 2.00 e. The molecule has 0 bridgehead atoms. The SMILES string of the molecule is C.CC.Cc1ccc([S@](=O)c2ccc[c-]2[Si](C)(C)C)cc1.[CH3-].[CH3-].[Fe+2].c1cc[cH-]c1. The molecule has 29 heavy (non-hydrogen) atoms. The molecule has 1 nitrogen and oxygen atoms in total. The van der Waals surface area contributed by atoms with Crippen LogP contribution in [0.1, 0.15) is 26.8 Å². The Morgan fingerprint density at radius 1 is 0.897 bits per heavy atom. The van der Waals surface area contributed by atoms with Gasteiger partial charge in [0.25, 0.3) is 0 Å². The van der Waals surface area contributed by atoms with E-state index < -0.39 is 18.9 Å². The Bertz CT molecular complexity index is 721. The minimum atomic E-state index is -1.43. The number of rotatable bonds is 3. The van der Waals surface area contributed by atoms with Crippen LogP contribution in [0.5, 0.6) is 0 Å². The molecular weight excluding hydrogens is 432 g/mol. The predicted molar refractivity (Wildman–Crippen MR) is 134 cm³/mol. The monoisotopic (exact) mass is 472 g/mol. The van der Waals surface area contributed by atoms with Crippen molar-refractivity contribution < 1.29 is 21.3 Å². The van der Waals surface area contributed by atoms with Gasteiger partial charge in [-0.3, -0.25) is 4.21 Å². The maximum absolute atomic E-state index is 12.6. The van der Waals surface area contributed by atoms with Gasteiger partial charge in [0.15, 0.2) is 0 Å². The second-order valence-electron chi connectivity index (χ2n) is 6.60. The molecule has 3 rings (SSSR count). The topological polar surface area (TPSA) is 17.1 Å². The van der Waals surface area contributed by atoms with Gasteiger partial charge in [0.1, 0.15) is 0 Å². The quantitative estimate of drug-likeness (QED) is 0.287. The van der Waals surface area contributed by atoms with Crippen LogP contribution in [0.4, 0.5) is 0 Å². The molecule has 0 saturated carbocycles. The van der Waals surface area contributed by atoms with Gasteiger partial charge in [-0.1, -0.05) is 63.5 Å². The van der Waals surface area contributed by atoms with E-state index in [4.69, 9.17) is 0 Å². The fraction of sp³-hybridized carbons (Fsp3) is 0.280. The van der Waals surface area contributed by atoms with Crippen molar-refractivity contribution in [1.29, 1.82) is 0 Å². The predicted octanol–water partition coefficient (Wildman–Crippen LogP) is 7.39. The molecule has 0 radical (unpaired) electrons. The summed E-state index contributed by atoms with van der Waals surface area (Å²) in [6.07, 6.45) is 0. The summed E-state index contributed by atoms with van der Waals surface area (Å²) in [6.45, 7) is 12.9. The van der Waals surface area contributed by atoms with Crippen LogP contribution < -0.4 is 5.19 Å². The molecule has 0 saturated heterocycles. The molecular formula is C25H40FeOSSi-2. The van der Waals surface area contributed by atoms with E-state index in [-0.39, 0.29) is 39.3 Å². The molecule has 0 amide bonds. The molecule has 0 fully saturated rings. The van der Waals surface area contributed by atoms with E-state index in [1.54, 1.807) is 0 Å². The van der Waals surface area contributed by atoms with Gasteiger partial charge in [-0.25, -0.2) is 18.2 Å². The third kappa shape index (κ3) is 11.5. The summed E-state index contributed by atoms with van der Waals surface area (Å²) in [5, 5.41) is 1.31. The Morgan fingerprint density at radius 3 is 1.76 bits per heavy atom. The molecule has 0 aliphatic rings. The van der Waals surface area contributed by atoms with Gasteiger partial charge in [-0.05, 0) is 19.1 Å². The van der Waals surface area contributed by atoms with Crippen molar-refractivity contribution in [3.05, 3.63) is 93.2 Å². The van der Waals surface area contributed by atoms with Crippen molar-refractivity contribution in [2.75, 3.05) is 0 Å². The summed E-state index contributed by atoms with van der Waals surface area (Å²) < 4.78 is 12.6.